The summed E-state index contributed by atoms with van der Waals surface area (Å²) in [7, 11) is 0. The SMILES string of the molecule is O=C(Cn1cncn1)NCCc1ccc(Cl)cc1. The number of hydrogen-bond donors (Lipinski definition) is 1. The standard InChI is InChI=1S/C12H13ClN4O/c13-11-3-1-10(2-4-11)5-6-15-12(18)7-17-9-14-8-16-17/h1-4,8-9H,5-7H2,(H,15,18). The molecule has 0 atom stereocenters. The third kappa shape index (κ3) is 3.85. The number of nitrogens with one attached hydrogen (secondary N) is 1. The van der Waals surface area contributed by atoms with Gasteiger partial charge in [0.05, 0.1) is 0 Å². The predicted octanol–water partition coefficient (Wildman–Crippen LogP) is 1.29. The lowest BCUT2D eigenvalue weighted by atomic mass is 10.1. The van der Waals surface area contributed by atoms with Crippen molar-refractivity contribution in [2.24, 2.45) is 0 Å². The second-order valence-corrected chi connectivity index (χ2v) is 4.26. The molecule has 6 heteroatoms. The molecule has 1 N–H and O–H groups in total. The summed E-state index contributed by atoms with van der Waals surface area (Å²) >= 11 is 5.79. The van der Waals surface area contributed by atoms with Crippen molar-refractivity contribution in [2.45, 2.75) is 13.0 Å². The summed E-state index contributed by atoms with van der Waals surface area (Å²) in [5, 5.41) is 7.40. The largest absolute Gasteiger partial charge is 0.354 e. The molecular weight excluding hydrogens is 252 g/mol. The Morgan fingerprint density at radius 1 is 1.33 bits per heavy atom. The third-order valence-electron chi connectivity index (χ3n) is 2.42. The Balaban J connectivity index is 1.72. The molecule has 0 spiro atoms. The first kappa shape index (κ1) is 12.6. The average molecular weight is 265 g/mol. The summed E-state index contributed by atoms with van der Waals surface area (Å²) in [4.78, 5) is 15.3. The van der Waals surface area contributed by atoms with Gasteiger partial charge in [-0.15, -0.1) is 0 Å². The second-order valence-electron chi connectivity index (χ2n) is 3.82. The van der Waals surface area contributed by atoms with E-state index in [0.717, 1.165) is 12.0 Å². The van der Waals surface area contributed by atoms with Crippen molar-refractivity contribution in [2.75, 3.05) is 6.54 Å². The van der Waals surface area contributed by atoms with Gasteiger partial charge in [0.1, 0.15) is 19.2 Å². The number of nitrogens with zero attached hydrogens (tertiary/aromatic N) is 3. The quantitative estimate of drug-likeness (QED) is 0.885. The maximum atomic E-state index is 11.5. The maximum absolute atomic E-state index is 11.5. The number of halogens is 1. The highest BCUT2D eigenvalue weighted by Gasteiger charge is 2.02. The van der Waals surface area contributed by atoms with Crippen LogP contribution in [0.2, 0.25) is 5.02 Å². The average Bonchev–Trinajstić information content (AvgIpc) is 2.84. The summed E-state index contributed by atoms with van der Waals surface area (Å²) in [6, 6.07) is 7.58. The number of amides is 1. The van der Waals surface area contributed by atoms with Gasteiger partial charge in [-0.05, 0) is 24.1 Å². The van der Waals surface area contributed by atoms with Gasteiger partial charge in [-0.1, -0.05) is 23.7 Å². The first-order valence-corrected chi connectivity index (χ1v) is 5.95. The molecule has 0 aliphatic heterocycles. The molecule has 5 nitrogen and oxygen atoms in total. The van der Waals surface area contributed by atoms with Crippen molar-refractivity contribution in [3.8, 4) is 0 Å². The van der Waals surface area contributed by atoms with Crippen LogP contribution in [-0.4, -0.2) is 27.2 Å². The highest BCUT2D eigenvalue weighted by Crippen LogP contribution is 2.09. The van der Waals surface area contributed by atoms with Crippen LogP contribution in [0.25, 0.3) is 0 Å². The molecule has 1 aromatic carbocycles. The fraction of sp³-hybridized carbons (Fsp3) is 0.250. The smallest absolute Gasteiger partial charge is 0.241 e. The minimum Gasteiger partial charge on any atom is -0.354 e. The molecule has 94 valence electrons. The minimum absolute atomic E-state index is 0.0746. The lowest BCUT2D eigenvalue weighted by molar-refractivity contribution is -0.121. The predicted molar refractivity (Wildman–Crippen MR) is 68.2 cm³/mol. The van der Waals surface area contributed by atoms with Crippen LogP contribution in [0, 0.1) is 0 Å². The van der Waals surface area contributed by atoms with Crippen molar-refractivity contribution < 1.29 is 4.79 Å². The summed E-state index contributed by atoms with van der Waals surface area (Å²) in [5.41, 5.74) is 1.14. The third-order valence-corrected chi connectivity index (χ3v) is 2.67. The Morgan fingerprint density at radius 3 is 2.78 bits per heavy atom. The second kappa shape index (κ2) is 6.16. The van der Waals surface area contributed by atoms with E-state index in [2.05, 4.69) is 15.4 Å². The van der Waals surface area contributed by atoms with E-state index in [0.29, 0.717) is 11.6 Å². The molecular formula is C12H13ClN4O. The Kier molecular flexibility index (Phi) is 4.30. The van der Waals surface area contributed by atoms with Gasteiger partial charge in [0.2, 0.25) is 5.91 Å². The molecule has 1 heterocycles. The zero-order valence-electron chi connectivity index (χ0n) is 9.71. The summed E-state index contributed by atoms with van der Waals surface area (Å²) in [6.45, 7) is 0.787. The van der Waals surface area contributed by atoms with Crippen LogP contribution >= 0.6 is 11.6 Å². The van der Waals surface area contributed by atoms with Crippen LogP contribution in [-0.2, 0) is 17.8 Å². The van der Waals surface area contributed by atoms with Crippen LogP contribution in [0.4, 0.5) is 0 Å². The molecule has 0 bridgehead atoms. The number of hydrogen-bond acceptors (Lipinski definition) is 3. The molecule has 2 rings (SSSR count). The van der Waals surface area contributed by atoms with Crippen molar-refractivity contribution in [1.82, 2.24) is 20.1 Å². The zero-order chi connectivity index (χ0) is 12.8. The van der Waals surface area contributed by atoms with Crippen molar-refractivity contribution in [3.63, 3.8) is 0 Å². The topological polar surface area (TPSA) is 59.8 Å². The number of rotatable bonds is 5. The van der Waals surface area contributed by atoms with Gasteiger partial charge in [-0.25, -0.2) is 9.67 Å². The molecule has 0 fully saturated rings. The van der Waals surface area contributed by atoms with Crippen LogP contribution < -0.4 is 5.32 Å². The van der Waals surface area contributed by atoms with E-state index < -0.39 is 0 Å². The minimum atomic E-state index is -0.0746. The van der Waals surface area contributed by atoms with E-state index in [1.807, 2.05) is 24.3 Å². The number of benzene rings is 1. The van der Waals surface area contributed by atoms with Crippen molar-refractivity contribution in [3.05, 3.63) is 47.5 Å². The lowest BCUT2D eigenvalue weighted by Crippen LogP contribution is -2.29. The van der Waals surface area contributed by atoms with Crippen LogP contribution in [0.3, 0.4) is 0 Å². The van der Waals surface area contributed by atoms with E-state index in [9.17, 15) is 4.79 Å². The monoisotopic (exact) mass is 264 g/mol. The highest BCUT2D eigenvalue weighted by atomic mass is 35.5. The van der Waals surface area contributed by atoms with E-state index in [-0.39, 0.29) is 12.5 Å². The summed E-state index contributed by atoms with van der Waals surface area (Å²) in [6.07, 6.45) is 3.69. The Bertz CT molecular complexity index is 495. The van der Waals surface area contributed by atoms with Gasteiger partial charge in [-0.3, -0.25) is 4.79 Å². The van der Waals surface area contributed by atoms with Gasteiger partial charge >= 0.3 is 0 Å². The number of carbonyl (C=O) groups excluding carboxylic acids is 1. The molecule has 0 aliphatic rings. The van der Waals surface area contributed by atoms with E-state index in [4.69, 9.17) is 11.6 Å². The first-order valence-electron chi connectivity index (χ1n) is 5.57. The Morgan fingerprint density at radius 2 is 2.11 bits per heavy atom. The molecule has 0 aliphatic carbocycles. The summed E-state index contributed by atoms with van der Waals surface area (Å²) < 4.78 is 1.48. The van der Waals surface area contributed by atoms with Gasteiger partial charge in [0.25, 0.3) is 0 Å². The molecule has 0 radical (unpaired) electrons. The van der Waals surface area contributed by atoms with Gasteiger partial charge in [-0.2, -0.15) is 5.10 Å². The van der Waals surface area contributed by atoms with E-state index in [1.54, 1.807) is 0 Å². The normalized spacial score (nSPS) is 10.3. The highest BCUT2D eigenvalue weighted by molar-refractivity contribution is 6.30. The van der Waals surface area contributed by atoms with Crippen molar-refractivity contribution in [1.29, 1.82) is 0 Å². The molecule has 0 unspecified atom stereocenters. The summed E-state index contributed by atoms with van der Waals surface area (Å²) in [5.74, 6) is -0.0746. The van der Waals surface area contributed by atoms with Gasteiger partial charge in [0, 0.05) is 11.6 Å². The number of carbonyl (C=O) groups is 1. The zero-order valence-corrected chi connectivity index (χ0v) is 10.5. The lowest BCUT2D eigenvalue weighted by Gasteiger charge is -2.05. The fourth-order valence-corrected chi connectivity index (χ4v) is 1.64. The molecule has 18 heavy (non-hydrogen) atoms. The maximum Gasteiger partial charge on any atom is 0.241 e. The van der Waals surface area contributed by atoms with E-state index >= 15 is 0 Å². The molecule has 1 amide bonds. The molecule has 2 aromatic rings. The first-order chi connectivity index (χ1) is 8.74. The molecule has 0 saturated carbocycles. The number of aromatic nitrogens is 3. The molecule has 0 saturated heterocycles. The Hall–Kier alpha value is -1.88. The van der Waals surface area contributed by atoms with E-state index in [1.165, 1.54) is 17.3 Å². The fourth-order valence-electron chi connectivity index (χ4n) is 1.51. The van der Waals surface area contributed by atoms with Crippen LogP contribution in [0.15, 0.2) is 36.9 Å². The van der Waals surface area contributed by atoms with Crippen LogP contribution in [0.1, 0.15) is 5.56 Å². The van der Waals surface area contributed by atoms with Gasteiger partial charge < -0.3 is 5.32 Å². The van der Waals surface area contributed by atoms with Gasteiger partial charge in [0.15, 0.2) is 0 Å². The Labute approximate surface area is 110 Å². The van der Waals surface area contributed by atoms with Crippen LogP contribution in [0.5, 0.6) is 0 Å². The molecule has 1 aromatic heterocycles. The van der Waals surface area contributed by atoms with Crippen molar-refractivity contribution >= 4 is 17.5 Å².